The summed E-state index contributed by atoms with van der Waals surface area (Å²) in [5, 5.41) is 0. The molecular weight excluding hydrogens is 224 g/mol. The number of hydrogen-bond acceptors (Lipinski definition) is 2. The molecule has 0 aliphatic rings. The minimum Gasteiger partial charge on any atom is -0.221 e. The van der Waals surface area contributed by atoms with Crippen molar-refractivity contribution in [2.45, 2.75) is 9.29 Å². The van der Waals surface area contributed by atoms with Crippen LogP contribution in [0.15, 0.2) is 0 Å². The Balaban J connectivity index is 4.01. The van der Waals surface area contributed by atoms with E-state index in [1.54, 1.807) is 7.05 Å². The van der Waals surface area contributed by atoms with Crippen molar-refractivity contribution in [2.75, 3.05) is 7.05 Å². The van der Waals surface area contributed by atoms with Crippen molar-refractivity contribution in [1.82, 2.24) is 4.31 Å². The molecule has 0 saturated carbocycles. The summed E-state index contributed by atoms with van der Waals surface area (Å²) in [5.41, 5.74) is 0. The predicted molar refractivity (Wildman–Crippen MR) is 46.7 cm³/mol. The van der Waals surface area contributed by atoms with Crippen molar-refractivity contribution in [3.8, 4) is 0 Å². The SMILES string of the molecule is CN(S)C(Cl)(Cl)C(Cl)Cl. The van der Waals surface area contributed by atoms with Crippen LogP contribution in [0.3, 0.4) is 0 Å². The van der Waals surface area contributed by atoms with Gasteiger partial charge in [-0.25, -0.2) is 4.31 Å². The highest BCUT2D eigenvalue weighted by Crippen LogP contribution is 2.35. The Labute approximate surface area is 79.7 Å². The Bertz CT molecular complexity index is 83.8. The molecule has 0 aromatic heterocycles. The summed E-state index contributed by atoms with van der Waals surface area (Å²) in [4.78, 5) is -0.886. The van der Waals surface area contributed by atoms with Gasteiger partial charge in [-0.05, 0) is 0 Å². The average Bonchev–Trinajstić information content (AvgIpc) is 1.65. The number of alkyl halides is 4. The Kier molecular flexibility index (Phi) is 4.36. The fourth-order valence-electron chi connectivity index (χ4n) is 0.141. The van der Waals surface area contributed by atoms with E-state index in [0.717, 1.165) is 0 Å². The maximum Gasteiger partial charge on any atom is 0.209 e. The average molecular weight is 229 g/mol. The molecule has 0 atom stereocenters. The van der Waals surface area contributed by atoms with Gasteiger partial charge in [0.15, 0.2) is 4.84 Å². The summed E-state index contributed by atoms with van der Waals surface area (Å²) in [6, 6.07) is 0. The van der Waals surface area contributed by atoms with E-state index in [-0.39, 0.29) is 0 Å². The number of thiol groups is 1. The molecule has 0 N–H and O–H groups in total. The second-order valence-electron chi connectivity index (χ2n) is 1.41. The maximum atomic E-state index is 5.56. The van der Waals surface area contributed by atoms with E-state index >= 15 is 0 Å². The number of halogens is 4. The molecule has 0 aliphatic carbocycles. The van der Waals surface area contributed by atoms with Crippen LogP contribution in [-0.4, -0.2) is 20.6 Å². The topological polar surface area (TPSA) is 3.24 Å². The summed E-state index contributed by atoms with van der Waals surface area (Å²) in [5.74, 6) is 0. The summed E-state index contributed by atoms with van der Waals surface area (Å²) in [6.45, 7) is 0. The first kappa shape index (κ1) is 10.5. The molecule has 0 aromatic rings. The van der Waals surface area contributed by atoms with Crippen molar-refractivity contribution < 1.29 is 0 Å². The fraction of sp³-hybridized carbons (Fsp3) is 1.00. The first-order valence-electron chi connectivity index (χ1n) is 1.97. The lowest BCUT2D eigenvalue weighted by Gasteiger charge is -2.26. The van der Waals surface area contributed by atoms with E-state index in [1.165, 1.54) is 4.31 Å². The molecule has 0 bridgehead atoms. The van der Waals surface area contributed by atoms with Gasteiger partial charge < -0.3 is 0 Å². The summed E-state index contributed by atoms with van der Waals surface area (Å²) in [6.07, 6.45) is 0. The standard InChI is InChI=1S/C3H5Cl4NS/c1-8(9)3(6,7)2(4)5/h2,9H,1H3. The van der Waals surface area contributed by atoms with Gasteiger partial charge in [0.2, 0.25) is 4.46 Å². The van der Waals surface area contributed by atoms with E-state index in [1.807, 2.05) is 0 Å². The van der Waals surface area contributed by atoms with Gasteiger partial charge in [0.05, 0.1) is 0 Å². The van der Waals surface area contributed by atoms with Gasteiger partial charge in [0, 0.05) is 7.05 Å². The zero-order valence-corrected chi connectivity index (χ0v) is 8.40. The molecule has 9 heavy (non-hydrogen) atoms. The third-order valence-electron chi connectivity index (χ3n) is 0.694. The van der Waals surface area contributed by atoms with Crippen molar-refractivity contribution in [2.24, 2.45) is 0 Å². The molecule has 0 rings (SSSR count). The van der Waals surface area contributed by atoms with Crippen LogP contribution < -0.4 is 0 Å². The van der Waals surface area contributed by atoms with Gasteiger partial charge >= 0.3 is 0 Å². The highest BCUT2D eigenvalue weighted by molar-refractivity contribution is 7.77. The maximum absolute atomic E-state index is 5.56. The molecule has 0 heterocycles. The molecular formula is C3H5Cl4NS. The van der Waals surface area contributed by atoms with Crippen molar-refractivity contribution >= 4 is 59.2 Å². The zero-order chi connectivity index (χ0) is 7.65. The highest BCUT2D eigenvalue weighted by atomic mass is 35.5. The second kappa shape index (κ2) is 3.74. The first-order valence-corrected chi connectivity index (χ1v) is 4.00. The van der Waals surface area contributed by atoms with E-state index in [0.29, 0.717) is 0 Å². The Morgan fingerprint density at radius 2 is 1.78 bits per heavy atom. The van der Waals surface area contributed by atoms with Crippen LogP contribution in [0.25, 0.3) is 0 Å². The van der Waals surface area contributed by atoms with E-state index in [4.69, 9.17) is 46.4 Å². The first-order chi connectivity index (χ1) is 3.89. The monoisotopic (exact) mass is 227 g/mol. The fourth-order valence-corrected chi connectivity index (χ4v) is 0.686. The number of rotatable bonds is 2. The molecule has 0 radical (unpaired) electrons. The van der Waals surface area contributed by atoms with Crippen LogP contribution in [0.5, 0.6) is 0 Å². The lowest BCUT2D eigenvalue weighted by Crippen LogP contribution is -2.35. The van der Waals surface area contributed by atoms with Crippen molar-refractivity contribution in [3.05, 3.63) is 0 Å². The van der Waals surface area contributed by atoms with E-state index in [9.17, 15) is 0 Å². The van der Waals surface area contributed by atoms with Gasteiger partial charge in [0.1, 0.15) is 0 Å². The normalized spacial score (nSPS) is 13.3. The number of hydrogen-bond donors (Lipinski definition) is 1. The van der Waals surface area contributed by atoms with Crippen LogP contribution in [0.1, 0.15) is 0 Å². The second-order valence-corrected chi connectivity index (χ2v) is 4.45. The van der Waals surface area contributed by atoms with Gasteiger partial charge in [0.25, 0.3) is 0 Å². The number of nitrogens with zero attached hydrogens (tertiary/aromatic N) is 1. The van der Waals surface area contributed by atoms with Gasteiger partial charge in [-0.1, -0.05) is 36.0 Å². The van der Waals surface area contributed by atoms with E-state index < -0.39 is 9.29 Å². The Hall–Kier alpha value is 1.47. The lowest BCUT2D eigenvalue weighted by molar-refractivity contribution is 0.499. The molecule has 0 unspecified atom stereocenters. The zero-order valence-electron chi connectivity index (χ0n) is 4.48. The molecule has 0 saturated heterocycles. The molecule has 0 aromatic carbocycles. The molecule has 0 amide bonds. The Morgan fingerprint density at radius 3 is 1.78 bits per heavy atom. The lowest BCUT2D eigenvalue weighted by atomic mass is 10.7. The summed E-state index contributed by atoms with van der Waals surface area (Å²) < 4.78 is -0.104. The molecule has 1 nitrogen and oxygen atoms in total. The van der Waals surface area contributed by atoms with Gasteiger partial charge in [-0.3, -0.25) is 0 Å². The molecule has 0 spiro atoms. The summed E-state index contributed by atoms with van der Waals surface area (Å²) >= 11 is 25.7. The van der Waals surface area contributed by atoms with Crippen molar-refractivity contribution in [1.29, 1.82) is 0 Å². The molecule has 0 fully saturated rings. The molecule has 0 aliphatic heterocycles. The van der Waals surface area contributed by atoms with Crippen LogP contribution in [0.2, 0.25) is 0 Å². The minimum absolute atomic E-state index is 0.886. The highest BCUT2D eigenvalue weighted by Gasteiger charge is 2.35. The predicted octanol–water partition coefficient (Wildman–Crippen LogP) is 2.70. The molecule has 6 heteroatoms. The van der Waals surface area contributed by atoms with Crippen LogP contribution in [-0.2, 0) is 0 Å². The summed E-state index contributed by atoms with van der Waals surface area (Å²) in [7, 11) is 1.56. The third kappa shape index (κ3) is 2.91. The quantitative estimate of drug-likeness (QED) is 0.432. The van der Waals surface area contributed by atoms with Crippen LogP contribution in [0, 0.1) is 0 Å². The van der Waals surface area contributed by atoms with Gasteiger partial charge in [-0.2, -0.15) is 0 Å². The van der Waals surface area contributed by atoms with Crippen LogP contribution >= 0.6 is 59.2 Å². The van der Waals surface area contributed by atoms with E-state index in [2.05, 4.69) is 12.8 Å². The Morgan fingerprint density at radius 1 is 1.44 bits per heavy atom. The molecule has 56 valence electrons. The smallest absolute Gasteiger partial charge is 0.209 e. The third-order valence-corrected chi connectivity index (χ3v) is 3.27. The largest absolute Gasteiger partial charge is 0.221 e. The van der Waals surface area contributed by atoms with Gasteiger partial charge in [-0.15, -0.1) is 23.2 Å². The van der Waals surface area contributed by atoms with Crippen molar-refractivity contribution in [3.63, 3.8) is 0 Å². The minimum atomic E-state index is -1.33. The van der Waals surface area contributed by atoms with Crippen LogP contribution in [0.4, 0.5) is 0 Å².